The zero-order valence-corrected chi connectivity index (χ0v) is 7.70. The first-order valence-electron chi connectivity index (χ1n) is 3.86. The summed E-state index contributed by atoms with van der Waals surface area (Å²) in [6, 6.07) is 0. The second kappa shape index (κ2) is 3.72. The van der Waals surface area contributed by atoms with Crippen molar-refractivity contribution >= 4 is 11.3 Å². The van der Waals surface area contributed by atoms with Gasteiger partial charge in [-0.2, -0.15) is 0 Å². The summed E-state index contributed by atoms with van der Waals surface area (Å²) in [5.41, 5.74) is 0. The Balaban J connectivity index is 2.45. The number of H-pyrrole nitrogens is 1. The Kier molecular flexibility index (Phi) is 2.88. The normalized spacial score (nSPS) is 10.8. The van der Waals surface area contributed by atoms with Gasteiger partial charge in [-0.05, 0) is 18.8 Å². The fourth-order valence-electron chi connectivity index (χ4n) is 0.872. The SMILES string of the molecule is CC(C)CCc1c[nH]c(=O)s1. The maximum Gasteiger partial charge on any atom is 0.304 e. The largest absolute Gasteiger partial charge is 0.319 e. The average molecular weight is 171 g/mol. The molecule has 0 radical (unpaired) electrons. The fraction of sp³-hybridized carbons (Fsp3) is 0.625. The van der Waals surface area contributed by atoms with Gasteiger partial charge in [-0.25, -0.2) is 0 Å². The number of hydrogen-bond acceptors (Lipinski definition) is 2. The maximum absolute atomic E-state index is 10.7. The van der Waals surface area contributed by atoms with Crippen LogP contribution in [0.15, 0.2) is 11.0 Å². The van der Waals surface area contributed by atoms with Gasteiger partial charge in [-0.3, -0.25) is 4.79 Å². The van der Waals surface area contributed by atoms with Crippen molar-refractivity contribution in [3.8, 4) is 0 Å². The molecule has 62 valence electrons. The third kappa shape index (κ3) is 2.89. The molecule has 1 aromatic rings. The zero-order chi connectivity index (χ0) is 8.27. The number of rotatable bonds is 3. The second-order valence-corrected chi connectivity index (χ2v) is 4.18. The molecule has 0 unspecified atom stereocenters. The highest BCUT2D eigenvalue weighted by Crippen LogP contribution is 2.09. The molecule has 2 nitrogen and oxygen atoms in total. The van der Waals surface area contributed by atoms with Gasteiger partial charge in [0.2, 0.25) is 0 Å². The molecule has 11 heavy (non-hydrogen) atoms. The fourth-order valence-corrected chi connectivity index (χ4v) is 1.57. The molecule has 3 heteroatoms. The van der Waals surface area contributed by atoms with Gasteiger partial charge in [0.1, 0.15) is 0 Å². The highest BCUT2D eigenvalue weighted by atomic mass is 32.1. The van der Waals surface area contributed by atoms with E-state index in [-0.39, 0.29) is 4.87 Å². The van der Waals surface area contributed by atoms with Gasteiger partial charge in [0.15, 0.2) is 0 Å². The lowest BCUT2D eigenvalue weighted by Crippen LogP contribution is -1.89. The number of aromatic nitrogens is 1. The van der Waals surface area contributed by atoms with Crippen molar-refractivity contribution in [2.75, 3.05) is 0 Å². The second-order valence-electron chi connectivity index (χ2n) is 3.08. The molecule has 0 aliphatic rings. The highest BCUT2D eigenvalue weighted by molar-refractivity contribution is 7.09. The van der Waals surface area contributed by atoms with E-state index in [1.54, 1.807) is 0 Å². The molecule has 1 N–H and O–H groups in total. The first kappa shape index (κ1) is 8.53. The Labute approximate surface area is 70.3 Å². The molecule has 0 saturated carbocycles. The van der Waals surface area contributed by atoms with Crippen LogP contribution in [0.5, 0.6) is 0 Å². The minimum Gasteiger partial charge on any atom is -0.319 e. The van der Waals surface area contributed by atoms with Crippen molar-refractivity contribution in [3.05, 3.63) is 20.7 Å². The van der Waals surface area contributed by atoms with E-state index in [0.717, 1.165) is 12.8 Å². The van der Waals surface area contributed by atoms with Crippen LogP contribution in [-0.2, 0) is 6.42 Å². The van der Waals surface area contributed by atoms with Crippen molar-refractivity contribution in [1.82, 2.24) is 4.98 Å². The lowest BCUT2D eigenvalue weighted by Gasteiger charge is -1.99. The quantitative estimate of drug-likeness (QED) is 0.741. The van der Waals surface area contributed by atoms with Gasteiger partial charge in [0, 0.05) is 11.1 Å². The van der Waals surface area contributed by atoms with Crippen molar-refractivity contribution < 1.29 is 0 Å². The Bertz CT molecular complexity index is 261. The predicted molar refractivity (Wildman–Crippen MR) is 48.1 cm³/mol. The van der Waals surface area contributed by atoms with E-state index in [4.69, 9.17) is 0 Å². The van der Waals surface area contributed by atoms with Crippen LogP contribution in [0.4, 0.5) is 0 Å². The van der Waals surface area contributed by atoms with Crippen LogP contribution in [0.3, 0.4) is 0 Å². The molecule has 0 spiro atoms. The Morgan fingerprint density at radius 3 is 2.82 bits per heavy atom. The third-order valence-corrected chi connectivity index (χ3v) is 2.43. The summed E-state index contributed by atoms with van der Waals surface area (Å²) in [4.78, 5) is 14.6. The van der Waals surface area contributed by atoms with Gasteiger partial charge >= 0.3 is 4.87 Å². The summed E-state index contributed by atoms with van der Waals surface area (Å²) in [5, 5.41) is 0. The molecule has 0 saturated heterocycles. The Morgan fingerprint density at radius 2 is 2.36 bits per heavy atom. The molecule has 1 heterocycles. The summed E-state index contributed by atoms with van der Waals surface area (Å²) < 4.78 is 0. The predicted octanol–water partition coefficient (Wildman–Crippen LogP) is 2.02. The van der Waals surface area contributed by atoms with E-state index in [2.05, 4.69) is 18.8 Å². The van der Waals surface area contributed by atoms with Crippen LogP contribution in [0, 0.1) is 5.92 Å². The zero-order valence-electron chi connectivity index (χ0n) is 6.89. The molecule has 0 fully saturated rings. The number of aromatic amines is 1. The minimum atomic E-state index is 0.0590. The standard InChI is InChI=1S/C8H13NOS/c1-6(2)3-4-7-5-9-8(10)11-7/h5-6H,3-4H2,1-2H3,(H,9,10). The van der Waals surface area contributed by atoms with Crippen LogP contribution >= 0.6 is 11.3 Å². The monoisotopic (exact) mass is 171 g/mol. The average Bonchev–Trinajstić information content (AvgIpc) is 2.31. The van der Waals surface area contributed by atoms with Crippen LogP contribution in [0.25, 0.3) is 0 Å². The van der Waals surface area contributed by atoms with E-state index in [9.17, 15) is 4.79 Å². The van der Waals surface area contributed by atoms with Crippen LogP contribution in [0.1, 0.15) is 25.1 Å². The number of nitrogens with one attached hydrogen (secondary N) is 1. The molecular weight excluding hydrogens is 158 g/mol. The summed E-state index contributed by atoms with van der Waals surface area (Å²) in [5.74, 6) is 0.715. The van der Waals surface area contributed by atoms with E-state index in [1.165, 1.54) is 16.2 Å². The van der Waals surface area contributed by atoms with Crippen molar-refractivity contribution in [1.29, 1.82) is 0 Å². The molecule has 0 aliphatic heterocycles. The molecule has 1 rings (SSSR count). The van der Waals surface area contributed by atoms with Gasteiger partial charge in [-0.15, -0.1) is 0 Å². The lowest BCUT2D eigenvalue weighted by molar-refractivity contribution is 0.589. The maximum atomic E-state index is 10.7. The van der Waals surface area contributed by atoms with Crippen molar-refractivity contribution in [2.24, 2.45) is 5.92 Å². The first-order valence-corrected chi connectivity index (χ1v) is 4.67. The van der Waals surface area contributed by atoms with Gasteiger partial charge in [0.25, 0.3) is 0 Å². The molecule has 0 aromatic carbocycles. The minimum absolute atomic E-state index is 0.0590. The van der Waals surface area contributed by atoms with E-state index in [1.807, 2.05) is 6.20 Å². The Morgan fingerprint density at radius 1 is 1.64 bits per heavy atom. The van der Waals surface area contributed by atoms with Gasteiger partial charge in [0.05, 0.1) is 0 Å². The van der Waals surface area contributed by atoms with E-state index in [0.29, 0.717) is 5.92 Å². The summed E-state index contributed by atoms with van der Waals surface area (Å²) in [6.45, 7) is 4.38. The Hall–Kier alpha value is -0.570. The number of thiazole rings is 1. The molecule has 0 atom stereocenters. The summed E-state index contributed by atoms with van der Waals surface area (Å²) >= 11 is 1.32. The topological polar surface area (TPSA) is 32.9 Å². The van der Waals surface area contributed by atoms with Crippen molar-refractivity contribution in [3.63, 3.8) is 0 Å². The third-order valence-electron chi connectivity index (χ3n) is 1.54. The van der Waals surface area contributed by atoms with E-state index >= 15 is 0 Å². The van der Waals surface area contributed by atoms with Crippen LogP contribution in [-0.4, -0.2) is 4.98 Å². The summed E-state index contributed by atoms with van der Waals surface area (Å²) in [6.07, 6.45) is 4.00. The number of hydrogen-bond donors (Lipinski definition) is 1. The van der Waals surface area contributed by atoms with Crippen LogP contribution in [0.2, 0.25) is 0 Å². The van der Waals surface area contributed by atoms with Gasteiger partial charge in [-0.1, -0.05) is 25.2 Å². The van der Waals surface area contributed by atoms with Crippen LogP contribution < -0.4 is 4.87 Å². The molecule has 1 aromatic heterocycles. The number of aryl methyl sites for hydroxylation is 1. The molecule has 0 bridgehead atoms. The van der Waals surface area contributed by atoms with E-state index < -0.39 is 0 Å². The highest BCUT2D eigenvalue weighted by Gasteiger charge is 1.98. The van der Waals surface area contributed by atoms with Crippen molar-refractivity contribution in [2.45, 2.75) is 26.7 Å². The van der Waals surface area contributed by atoms with Gasteiger partial charge < -0.3 is 4.98 Å². The smallest absolute Gasteiger partial charge is 0.304 e. The lowest BCUT2D eigenvalue weighted by atomic mass is 10.1. The summed E-state index contributed by atoms with van der Waals surface area (Å²) in [7, 11) is 0. The molecule has 0 aliphatic carbocycles. The molecule has 0 amide bonds. The molecular formula is C8H13NOS. The first-order chi connectivity index (χ1) is 5.18.